The summed E-state index contributed by atoms with van der Waals surface area (Å²) < 4.78 is 61.6. The summed E-state index contributed by atoms with van der Waals surface area (Å²) in [4.78, 5) is 15.7. The summed E-state index contributed by atoms with van der Waals surface area (Å²) in [6.45, 7) is 1.14. The van der Waals surface area contributed by atoms with E-state index in [4.69, 9.17) is 18.6 Å². The van der Waals surface area contributed by atoms with Crippen LogP contribution in [0.2, 0.25) is 0 Å². The van der Waals surface area contributed by atoms with Crippen molar-refractivity contribution in [2.24, 2.45) is 0 Å². The van der Waals surface area contributed by atoms with Crippen molar-refractivity contribution in [2.75, 3.05) is 20.4 Å². The van der Waals surface area contributed by atoms with Gasteiger partial charge in [-0.2, -0.15) is 8.78 Å². The zero-order valence-corrected chi connectivity index (χ0v) is 20.0. The number of hydrogen-bond donors (Lipinski definition) is 1. The molecule has 3 rings (SSSR count). The van der Waals surface area contributed by atoms with Gasteiger partial charge in [-0.25, -0.2) is 9.78 Å². The molecule has 1 fully saturated rings. The van der Waals surface area contributed by atoms with Crippen LogP contribution in [0, 0.1) is 6.92 Å². The van der Waals surface area contributed by atoms with Crippen LogP contribution in [0.4, 0.5) is 13.2 Å². The Morgan fingerprint density at radius 2 is 1.94 bits per heavy atom. The minimum Gasteiger partial charge on any atom is -0.479 e. The monoisotopic (exact) mass is 503 g/mol. The Kier molecular flexibility index (Phi) is 12.0. The Morgan fingerprint density at radius 3 is 2.60 bits per heavy atom. The molecule has 0 saturated heterocycles. The molecule has 0 amide bonds. The van der Waals surface area contributed by atoms with Crippen LogP contribution in [0.15, 0.2) is 28.7 Å². The molecule has 0 radical (unpaired) electrons. The van der Waals surface area contributed by atoms with E-state index in [0.717, 1.165) is 19.3 Å². The van der Waals surface area contributed by atoms with Crippen LogP contribution in [0.25, 0.3) is 11.5 Å². The third-order valence-corrected chi connectivity index (χ3v) is 5.36. The molecule has 35 heavy (non-hydrogen) atoms. The van der Waals surface area contributed by atoms with E-state index in [2.05, 4.69) is 9.72 Å². The highest BCUT2D eigenvalue weighted by molar-refractivity contribution is 5.72. The normalized spacial score (nSPS) is 18.6. The first-order valence-electron chi connectivity index (χ1n) is 11.3. The first kappa shape index (κ1) is 28.6. The predicted molar refractivity (Wildman–Crippen MR) is 120 cm³/mol. The van der Waals surface area contributed by atoms with Crippen LogP contribution in [0.3, 0.4) is 0 Å². The molecule has 11 heteroatoms. The molecule has 0 bridgehead atoms. The van der Waals surface area contributed by atoms with Crippen molar-refractivity contribution >= 4 is 5.97 Å². The lowest BCUT2D eigenvalue weighted by atomic mass is 9.95. The molecular formula is C24H32F3NO7. The van der Waals surface area contributed by atoms with Gasteiger partial charge in [-0.3, -0.25) is 4.39 Å². The average Bonchev–Trinajstić information content (AvgIpc) is 3.22. The first-order valence-corrected chi connectivity index (χ1v) is 11.3. The van der Waals surface area contributed by atoms with Gasteiger partial charge < -0.3 is 28.5 Å². The fourth-order valence-electron chi connectivity index (χ4n) is 3.71. The van der Waals surface area contributed by atoms with E-state index < -0.39 is 18.7 Å². The lowest BCUT2D eigenvalue weighted by Crippen LogP contribution is -2.34. The highest BCUT2D eigenvalue weighted by Crippen LogP contribution is 2.28. The van der Waals surface area contributed by atoms with Crippen LogP contribution >= 0.6 is 0 Å². The highest BCUT2D eigenvalue weighted by atomic mass is 19.3. The molecule has 8 nitrogen and oxygen atoms in total. The topological polar surface area (TPSA) is 100 Å². The van der Waals surface area contributed by atoms with Crippen LogP contribution in [-0.4, -0.2) is 61.4 Å². The summed E-state index contributed by atoms with van der Waals surface area (Å²) in [5, 5.41) is 9.17. The summed E-state index contributed by atoms with van der Waals surface area (Å²) in [7, 11) is 0.500. The zero-order valence-electron chi connectivity index (χ0n) is 20.0. The largest absolute Gasteiger partial charge is 0.479 e. The van der Waals surface area contributed by atoms with E-state index in [1.165, 1.54) is 12.1 Å². The van der Waals surface area contributed by atoms with Gasteiger partial charge >= 0.3 is 12.6 Å². The second-order valence-electron chi connectivity index (χ2n) is 7.77. The highest BCUT2D eigenvalue weighted by Gasteiger charge is 2.26. The maximum atomic E-state index is 12.5. The summed E-state index contributed by atoms with van der Waals surface area (Å²) in [6.07, 6.45) is 2.13. The number of carboxylic acid groups (broad SMARTS) is 1. The van der Waals surface area contributed by atoms with Crippen molar-refractivity contribution in [1.29, 1.82) is 0 Å². The molecule has 1 aromatic heterocycles. The average molecular weight is 504 g/mol. The maximum Gasteiger partial charge on any atom is 0.387 e. The van der Waals surface area contributed by atoms with Gasteiger partial charge in [0.05, 0.1) is 32.6 Å². The van der Waals surface area contributed by atoms with Crippen LogP contribution in [0.1, 0.15) is 44.1 Å². The van der Waals surface area contributed by atoms with Crippen molar-refractivity contribution in [1.82, 2.24) is 4.98 Å². The third kappa shape index (κ3) is 9.15. The van der Waals surface area contributed by atoms with E-state index in [1.807, 2.05) is 0 Å². The zero-order chi connectivity index (χ0) is 25.8. The van der Waals surface area contributed by atoms with Crippen LogP contribution < -0.4 is 4.74 Å². The van der Waals surface area contributed by atoms with E-state index in [0.29, 0.717) is 43.1 Å². The molecule has 1 aliphatic rings. The third-order valence-electron chi connectivity index (χ3n) is 5.36. The Hall–Kier alpha value is -2.63. The number of aliphatic carboxylic acids is 1. The molecule has 1 aliphatic carbocycles. The summed E-state index contributed by atoms with van der Waals surface area (Å²) in [6, 6.07) is 6.16. The standard InChI is InChI=1S/C23H29F2NO7.CH3F/c1-3-29-20(22(27)28)13-31-17-8-5-7-16(11-17)30-12-19-14(2)32-21(26-19)15-6-4-9-18(10-15)33-23(24)25;1-2/h4,6,9-10,16-17,20,23H,3,5,7-8,11-13H2,1-2H3,(H,27,28);1H3. The number of rotatable bonds is 12. The van der Waals surface area contributed by atoms with E-state index in [-0.39, 0.29) is 31.2 Å². The molecule has 1 aromatic carbocycles. The number of aryl methyl sites for hydroxylation is 1. The second-order valence-corrected chi connectivity index (χ2v) is 7.77. The Balaban J connectivity index is 0.00000210. The van der Waals surface area contributed by atoms with Gasteiger partial charge in [-0.05, 0) is 57.7 Å². The Morgan fingerprint density at radius 1 is 1.23 bits per heavy atom. The second kappa shape index (κ2) is 14.7. The minimum atomic E-state index is -2.91. The molecule has 196 valence electrons. The van der Waals surface area contributed by atoms with E-state index in [9.17, 15) is 23.1 Å². The van der Waals surface area contributed by atoms with Gasteiger partial charge in [-0.15, -0.1) is 0 Å². The number of ether oxygens (including phenoxy) is 4. The number of benzene rings is 1. The molecule has 2 aromatic rings. The fourth-order valence-corrected chi connectivity index (χ4v) is 3.71. The molecular weight excluding hydrogens is 471 g/mol. The van der Waals surface area contributed by atoms with Crippen LogP contribution in [0.5, 0.6) is 5.75 Å². The number of carbonyl (C=O) groups is 1. The number of hydrogen-bond acceptors (Lipinski definition) is 7. The van der Waals surface area contributed by atoms with Gasteiger partial charge in [0, 0.05) is 12.2 Å². The van der Waals surface area contributed by atoms with Crippen molar-refractivity contribution in [3.8, 4) is 17.2 Å². The SMILES string of the molecule is CCOC(COC1CCCC(OCc2nc(-c3cccc(OC(F)F)c3)oc2C)C1)C(=O)O.CF. The van der Waals surface area contributed by atoms with Crippen molar-refractivity contribution in [2.45, 2.75) is 71.1 Å². The van der Waals surface area contributed by atoms with Gasteiger partial charge in [0.1, 0.15) is 17.2 Å². The lowest BCUT2D eigenvalue weighted by Gasteiger charge is -2.29. The fraction of sp³-hybridized carbons (Fsp3) is 0.583. The first-order chi connectivity index (χ1) is 16.9. The van der Waals surface area contributed by atoms with Gasteiger partial charge in [0.25, 0.3) is 0 Å². The summed E-state index contributed by atoms with van der Waals surface area (Å²) >= 11 is 0. The minimum absolute atomic E-state index is 0.000646. The predicted octanol–water partition coefficient (Wildman–Crippen LogP) is 5.17. The number of halogens is 3. The molecule has 3 atom stereocenters. The van der Waals surface area contributed by atoms with Gasteiger partial charge in [0.15, 0.2) is 6.10 Å². The molecule has 1 N–H and O–H groups in total. The van der Waals surface area contributed by atoms with Gasteiger partial charge in [-0.1, -0.05) is 6.07 Å². The van der Waals surface area contributed by atoms with E-state index in [1.54, 1.807) is 26.0 Å². The van der Waals surface area contributed by atoms with Crippen molar-refractivity contribution in [3.63, 3.8) is 0 Å². The smallest absolute Gasteiger partial charge is 0.387 e. The van der Waals surface area contributed by atoms with E-state index >= 15 is 0 Å². The maximum absolute atomic E-state index is 12.5. The Bertz CT molecular complexity index is 909. The number of oxazole rings is 1. The molecule has 0 aliphatic heterocycles. The quantitative estimate of drug-likeness (QED) is 0.423. The Labute approximate surface area is 202 Å². The van der Waals surface area contributed by atoms with Gasteiger partial charge in [0.2, 0.25) is 5.89 Å². The van der Waals surface area contributed by atoms with Crippen molar-refractivity contribution < 1.29 is 46.4 Å². The molecule has 1 saturated carbocycles. The summed E-state index contributed by atoms with van der Waals surface area (Å²) in [5.41, 5.74) is 1.14. The number of aromatic nitrogens is 1. The number of alkyl halides is 3. The lowest BCUT2D eigenvalue weighted by molar-refractivity contribution is -0.157. The van der Waals surface area contributed by atoms with Crippen LogP contribution in [-0.2, 0) is 25.6 Å². The summed E-state index contributed by atoms with van der Waals surface area (Å²) in [5.74, 6) is -0.135. The molecule has 0 spiro atoms. The number of nitrogens with zero attached hydrogens (tertiary/aromatic N) is 1. The van der Waals surface area contributed by atoms with Crippen molar-refractivity contribution in [3.05, 3.63) is 35.7 Å². The molecule has 3 unspecified atom stereocenters. The number of carboxylic acids is 1. The molecule has 1 heterocycles.